The summed E-state index contributed by atoms with van der Waals surface area (Å²) in [6.07, 6.45) is 1.70. The topological polar surface area (TPSA) is 83.1 Å². The summed E-state index contributed by atoms with van der Waals surface area (Å²) in [5, 5.41) is 3.81. The van der Waals surface area contributed by atoms with E-state index in [9.17, 15) is 9.13 Å². The summed E-state index contributed by atoms with van der Waals surface area (Å²) in [7, 11) is -7.52. The largest absolute Gasteiger partial charge is 0.359 e. The van der Waals surface area contributed by atoms with Crippen LogP contribution in [0.25, 0.3) is 0 Å². The van der Waals surface area contributed by atoms with Crippen molar-refractivity contribution in [3.05, 3.63) is 29.3 Å². The van der Waals surface area contributed by atoms with Gasteiger partial charge in [0.25, 0.3) is 0 Å². The molecular weight excluding hydrogens is 468 g/mol. The predicted octanol–water partition coefficient (Wildman–Crippen LogP) is 6.62. The van der Waals surface area contributed by atoms with Crippen molar-refractivity contribution in [3.63, 3.8) is 0 Å². The Labute approximate surface area is 190 Å². The van der Waals surface area contributed by atoms with E-state index < -0.39 is 20.7 Å². The van der Waals surface area contributed by atoms with E-state index in [1.54, 1.807) is 39.5 Å². The lowest BCUT2D eigenvalue weighted by atomic mass is 10.3. The minimum Gasteiger partial charge on any atom is -0.307 e. The minimum atomic E-state index is -3.76. The molecule has 0 aromatic heterocycles. The number of unbranched alkanes of at least 4 members (excludes halogenated alkanes) is 1. The van der Waals surface area contributed by atoms with Gasteiger partial charge in [0.05, 0.1) is 26.4 Å². The van der Waals surface area contributed by atoms with Crippen LogP contribution in [0.3, 0.4) is 0 Å². The quantitative estimate of drug-likeness (QED) is 0.145. The molecule has 1 N–H and O–H groups in total. The lowest BCUT2D eigenvalue weighted by Crippen LogP contribution is -2.33. The molecule has 0 aliphatic rings. The molecule has 1 aromatic carbocycles. The summed E-state index contributed by atoms with van der Waals surface area (Å²) >= 11 is 7.64. The number of thioether (sulfide) groups is 1. The highest BCUT2D eigenvalue weighted by Gasteiger charge is 2.50. The Kier molecular flexibility index (Phi) is 14.1. The summed E-state index contributed by atoms with van der Waals surface area (Å²) in [5.41, 5.74) is -1.17. The van der Waals surface area contributed by atoms with Gasteiger partial charge in [0, 0.05) is 9.92 Å². The average molecular weight is 502 g/mol. The van der Waals surface area contributed by atoms with E-state index in [2.05, 4.69) is 5.32 Å². The molecule has 0 aliphatic heterocycles. The lowest BCUT2D eigenvalue weighted by Gasteiger charge is -2.31. The first kappa shape index (κ1) is 28.2. The normalized spacial score (nSPS) is 12.6. The summed E-state index contributed by atoms with van der Waals surface area (Å²) in [4.78, 5) is 1.15. The number of hydrogen-bond donors (Lipinski definition) is 1. The van der Waals surface area contributed by atoms with E-state index >= 15 is 0 Å². The standard InChI is InChI=1S/C19H34ClNO6P2S/c1-5-24-28(22,25-6-2)19(29(23,26-7-3)27-8-4)21-15-9-10-16-30-18-13-11-17(20)12-14-18/h11-14,19,21H,5-10,15-16H2,1-4H3. The van der Waals surface area contributed by atoms with Crippen LogP contribution < -0.4 is 5.32 Å². The Morgan fingerprint density at radius 1 is 0.867 bits per heavy atom. The second kappa shape index (κ2) is 15.0. The highest BCUT2D eigenvalue weighted by molar-refractivity contribution is 7.99. The first-order valence-corrected chi connectivity index (χ1v) is 14.8. The second-order valence-electron chi connectivity index (χ2n) is 6.09. The third-order valence-corrected chi connectivity index (χ3v) is 10.9. The molecule has 11 heteroatoms. The van der Waals surface area contributed by atoms with Gasteiger partial charge in [-0.05, 0) is 77.1 Å². The fraction of sp³-hybridized carbons (Fsp3) is 0.684. The smallest absolute Gasteiger partial charge is 0.307 e. The highest BCUT2D eigenvalue weighted by atomic mass is 35.5. The van der Waals surface area contributed by atoms with Gasteiger partial charge in [-0.3, -0.25) is 14.4 Å². The fourth-order valence-electron chi connectivity index (χ4n) is 2.65. The number of halogens is 1. The van der Waals surface area contributed by atoms with E-state index in [-0.39, 0.29) is 26.4 Å². The van der Waals surface area contributed by atoms with Crippen LogP contribution >= 0.6 is 38.6 Å². The molecule has 0 atom stereocenters. The molecule has 0 spiro atoms. The van der Waals surface area contributed by atoms with Crippen molar-refractivity contribution in [2.24, 2.45) is 0 Å². The summed E-state index contributed by atoms with van der Waals surface area (Å²) in [6.45, 7) is 7.95. The molecule has 1 aromatic rings. The first-order valence-electron chi connectivity index (χ1n) is 10.2. The highest BCUT2D eigenvalue weighted by Crippen LogP contribution is 2.69. The fourth-order valence-corrected chi connectivity index (χ4v) is 8.74. The van der Waals surface area contributed by atoms with Crippen LogP contribution in [0.2, 0.25) is 5.02 Å². The molecule has 174 valence electrons. The number of hydrogen-bond acceptors (Lipinski definition) is 8. The van der Waals surface area contributed by atoms with Crippen LogP contribution in [0.4, 0.5) is 0 Å². The SMILES string of the molecule is CCOP(=O)(OCC)C(NCCCCSc1ccc(Cl)cc1)P(=O)(OCC)OCC. The third kappa shape index (κ3) is 9.32. The molecule has 30 heavy (non-hydrogen) atoms. The van der Waals surface area contributed by atoms with Gasteiger partial charge in [0.15, 0.2) is 0 Å². The Morgan fingerprint density at radius 3 is 1.77 bits per heavy atom. The molecule has 0 bridgehead atoms. The molecule has 0 unspecified atom stereocenters. The molecule has 1 rings (SSSR count). The monoisotopic (exact) mass is 501 g/mol. The maximum absolute atomic E-state index is 13.4. The Balaban J connectivity index is 2.73. The molecule has 0 fully saturated rings. The van der Waals surface area contributed by atoms with Crippen molar-refractivity contribution in [1.29, 1.82) is 0 Å². The van der Waals surface area contributed by atoms with Gasteiger partial charge in [0.1, 0.15) is 0 Å². The number of nitrogens with one attached hydrogen (secondary N) is 1. The van der Waals surface area contributed by atoms with Gasteiger partial charge in [-0.2, -0.15) is 0 Å². The molecule has 0 heterocycles. The van der Waals surface area contributed by atoms with Crippen LogP contribution in [-0.2, 0) is 27.2 Å². The molecule has 0 aliphatic carbocycles. The number of rotatable bonds is 17. The zero-order chi connectivity index (χ0) is 22.5. The zero-order valence-electron chi connectivity index (χ0n) is 18.2. The molecule has 0 amide bonds. The Bertz CT molecular complexity index is 644. The van der Waals surface area contributed by atoms with Gasteiger partial charge in [0.2, 0.25) is 5.52 Å². The summed E-state index contributed by atoms with van der Waals surface area (Å²) < 4.78 is 48.5. The Morgan fingerprint density at radius 2 is 1.33 bits per heavy atom. The maximum atomic E-state index is 13.4. The molecule has 0 radical (unpaired) electrons. The minimum absolute atomic E-state index is 0.158. The van der Waals surface area contributed by atoms with Crippen molar-refractivity contribution < 1.29 is 27.2 Å². The first-order chi connectivity index (χ1) is 14.3. The lowest BCUT2D eigenvalue weighted by molar-refractivity contribution is 0.190. The van der Waals surface area contributed by atoms with Crippen LogP contribution in [0.15, 0.2) is 29.2 Å². The van der Waals surface area contributed by atoms with E-state index in [0.29, 0.717) is 6.54 Å². The molecule has 0 saturated carbocycles. The van der Waals surface area contributed by atoms with Gasteiger partial charge in [-0.15, -0.1) is 11.8 Å². The van der Waals surface area contributed by atoms with Gasteiger partial charge in [-0.25, -0.2) is 0 Å². The second-order valence-corrected chi connectivity index (χ2v) is 12.3. The van der Waals surface area contributed by atoms with E-state index in [4.69, 9.17) is 29.7 Å². The van der Waals surface area contributed by atoms with E-state index in [1.807, 2.05) is 24.3 Å². The van der Waals surface area contributed by atoms with Gasteiger partial charge >= 0.3 is 15.2 Å². The van der Waals surface area contributed by atoms with Crippen molar-refractivity contribution in [3.8, 4) is 0 Å². The van der Waals surface area contributed by atoms with Crippen LogP contribution in [-0.4, -0.2) is 44.2 Å². The van der Waals surface area contributed by atoms with E-state index in [0.717, 1.165) is 28.5 Å². The average Bonchev–Trinajstić information content (AvgIpc) is 2.69. The Hall–Kier alpha value is 0.120. The van der Waals surface area contributed by atoms with Crippen molar-refractivity contribution in [2.75, 3.05) is 38.7 Å². The van der Waals surface area contributed by atoms with Crippen LogP contribution in [0, 0.1) is 0 Å². The molecular formula is C19H34ClNO6P2S. The number of benzene rings is 1. The zero-order valence-corrected chi connectivity index (χ0v) is 21.5. The van der Waals surface area contributed by atoms with Crippen molar-refractivity contribution >= 4 is 38.6 Å². The van der Waals surface area contributed by atoms with E-state index in [1.165, 1.54) is 0 Å². The summed E-state index contributed by atoms with van der Waals surface area (Å²) in [6, 6.07) is 7.71. The van der Waals surface area contributed by atoms with Gasteiger partial charge < -0.3 is 18.1 Å². The molecule has 7 nitrogen and oxygen atoms in total. The van der Waals surface area contributed by atoms with Crippen molar-refractivity contribution in [2.45, 2.75) is 51.0 Å². The van der Waals surface area contributed by atoms with Crippen LogP contribution in [0.5, 0.6) is 0 Å². The van der Waals surface area contributed by atoms with Crippen molar-refractivity contribution in [1.82, 2.24) is 5.32 Å². The summed E-state index contributed by atoms with van der Waals surface area (Å²) in [5.74, 6) is 0.914. The van der Waals surface area contributed by atoms with Gasteiger partial charge in [-0.1, -0.05) is 11.6 Å². The predicted molar refractivity (Wildman–Crippen MR) is 125 cm³/mol. The van der Waals surface area contributed by atoms with Crippen LogP contribution in [0.1, 0.15) is 40.5 Å². The molecule has 0 saturated heterocycles. The third-order valence-electron chi connectivity index (χ3n) is 3.82. The maximum Gasteiger partial charge on any atom is 0.359 e.